The van der Waals surface area contributed by atoms with Crippen LogP contribution < -0.4 is 0 Å². The van der Waals surface area contributed by atoms with Gasteiger partial charge in [0, 0.05) is 54.7 Å². The van der Waals surface area contributed by atoms with Gasteiger partial charge in [0.15, 0.2) is 17.5 Å². The van der Waals surface area contributed by atoms with Gasteiger partial charge in [0.2, 0.25) is 0 Å². The first-order valence-corrected chi connectivity index (χ1v) is 22.4. The van der Waals surface area contributed by atoms with Crippen LogP contribution >= 0.6 is 0 Å². The lowest BCUT2D eigenvalue weighted by atomic mass is 9.92. The highest BCUT2D eigenvalue weighted by atomic mass is 15.0. The number of nitrogens with zero attached hydrogens (tertiary/aromatic N) is 5. The first-order chi connectivity index (χ1) is 32.7. The van der Waals surface area contributed by atoms with Crippen molar-refractivity contribution in [3.63, 3.8) is 0 Å². The first-order valence-electron chi connectivity index (χ1n) is 22.4. The average molecular weight is 840 g/mol. The van der Waals surface area contributed by atoms with E-state index in [4.69, 9.17) is 15.0 Å². The molecule has 14 rings (SSSR count). The maximum atomic E-state index is 5.06. The number of aromatic nitrogens is 5. The normalized spacial score (nSPS) is 11.9. The van der Waals surface area contributed by atoms with E-state index in [0.29, 0.717) is 17.5 Å². The van der Waals surface area contributed by atoms with Crippen LogP contribution in [0, 0.1) is 0 Å². The van der Waals surface area contributed by atoms with E-state index in [2.05, 4.69) is 173 Å². The van der Waals surface area contributed by atoms with Gasteiger partial charge in [-0.3, -0.25) is 0 Å². The van der Waals surface area contributed by atoms with E-state index in [9.17, 15) is 0 Å². The molecule has 5 nitrogen and oxygen atoms in total. The van der Waals surface area contributed by atoms with Gasteiger partial charge in [0.25, 0.3) is 0 Å². The molecule has 0 atom stereocenters. The van der Waals surface area contributed by atoms with E-state index in [1.807, 2.05) is 60.7 Å². The molecule has 0 saturated carbocycles. The maximum Gasteiger partial charge on any atom is 0.164 e. The van der Waals surface area contributed by atoms with Crippen molar-refractivity contribution in [1.29, 1.82) is 0 Å². The average Bonchev–Trinajstić information content (AvgIpc) is 4.04. The fraction of sp³-hybridized carbons (Fsp3) is 0. The molecule has 0 unspecified atom stereocenters. The second-order valence-electron chi connectivity index (χ2n) is 17.2. The molecule has 5 heteroatoms. The smallest absolute Gasteiger partial charge is 0.164 e. The van der Waals surface area contributed by atoms with Crippen LogP contribution in [-0.2, 0) is 0 Å². The summed E-state index contributed by atoms with van der Waals surface area (Å²) < 4.78 is 4.82. The van der Waals surface area contributed by atoms with Crippen LogP contribution in [0.15, 0.2) is 224 Å². The fourth-order valence-corrected chi connectivity index (χ4v) is 10.5. The third kappa shape index (κ3) is 5.57. The number of hydrogen-bond acceptors (Lipinski definition) is 3. The van der Waals surface area contributed by atoms with Crippen molar-refractivity contribution in [1.82, 2.24) is 23.9 Å². The summed E-state index contributed by atoms with van der Waals surface area (Å²) in [5.41, 5.74) is 14.7. The molecule has 4 aromatic heterocycles. The molecule has 0 N–H and O–H groups in total. The van der Waals surface area contributed by atoms with Gasteiger partial charge in [-0.15, -0.1) is 0 Å². The summed E-state index contributed by atoms with van der Waals surface area (Å²) in [4.78, 5) is 15.0. The summed E-state index contributed by atoms with van der Waals surface area (Å²) >= 11 is 0. The molecule has 0 radical (unpaired) electrons. The molecule has 0 bridgehead atoms. The topological polar surface area (TPSA) is 48.0 Å². The number of para-hydroxylation sites is 3. The summed E-state index contributed by atoms with van der Waals surface area (Å²) in [7, 11) is 0. The summed E-state index contributed by atoms with van der Waals surface area (Å²) in [5, 5.41) is 10.00. The quantitative estimate of drug-likeness (QED) is 0.168. The lowest BCUT2D eigenvalue weighted by Gasteiger charge is -2.13. The predicted molar refractivity (Wildman–Crippen MR) is 274 cm³/mol. The maximum absolute atomic E-state index is 5.06. The molecule has 0 aliphatic heterocycles. The van der Waals surface area contributed by atoms with Crippen LogP contribution in [0.4, 0.5) is 0 Å². The van der Waals surface area contributed by atoms with Crippen LogP contribution in [0.1, 0.15) is 0 Å². The zero-order valence-corrected chi connectivity index (χ0v) is 35.6. The Morgan fingerprint density at radius 2 is 0.773 bits per heavy atom. The SMILES string of the molecule is c1ccc(-c2nc(-c3ccccc3)nc(-c3cccc(-n4c5ccccc5c5cc(-c6cc(-c7ccc8c(c7)c7cccc9c%10ccccc%10n8c97)cc7ccccc67)ccc54)c3)n2)cc1. The minimum absolute atomic E-state index is 0.627. The predicted octanol–water partition coefficient (Wildman–Crippen LogP) is 15.6. The van der Waals surface area contributed by atoms with Crippen LogP contribution in [0.25, 0.3) is 133 Å². The number of fused-ring (bicyclic) bond motifs is 10. The van der Waals surface area contributed by atoms with E-state index in [1.165, 1.54) is 81.9 Å². The molecule has 0 spiro atoms. The zero-order chi connectivity index (χ0) is 43.3. The van der Waals surface area contributed by atoms with Gasteiger partial charge in [-0.25, -0.2) is 15.0 Å². The highest BCUT2D eigenvalue weighted by Gasteiger charge is 2.20. The summed E-state index contributed by atoms with van der Waals surface area (Å²) in [6.07, 6.45) is 0. The van der Waals surface area contributed by atoms with Gasteiger partial charge in [0.1, 0.15) is 0 Å². The highest BCUT2D eigenvalue weighted by molar-refractivity contribution is 6.23. The van der Waals surface area contributed by atoms with Crippen molar-refractivity contribution in [2.45, 2.75) is 0 Å². The molecule has 0 amide bonds. The van der Waals surface area contributed by atoms with Gasteiger partial charge >= 0.3 is 0 Å². The third-order valence-corrected chi connectivity index (χ3v) is 13.5. The molecule has 0 aliphatic rings. The second kappa shape index (κ2) is 14.3. The Hall–Kier alpha value is -8.93. The minimum atomic E-state index is 0.627. The van der Waals surface area contributed by atoms with E-state index in [-0.39, 0.29) is 0 Å². The van der Waals surface area contributed by atoms with E-state index >= 15 is 0 Å². The monoisotopic (exact) mass is 839 g/mol. The largest absolute Gasteiger partial charge is 0.309 e. The lowest BCUT2D eigenvalue weighted by molar-refractivity contribution is 1.07. The number of benzene rings is 10. The van der Waals surface area contributed by atoms with Gasteiger partial charge in [0.05, 0.1) is 27.6 Å². The van der Waals surface area contributed by atoms with Gasteiger partial charge in [-0.05, 0) is 93.7 Å². The Bertz CT molecular complexity index is 4160. The number of rotatable bonds is 6. The van der Waals surface area contributed by atoms with Gasteiger partial charge in [-0.1, -0.05) is 164 Å². The molecule has 66 heavy (non-hydrogen) atoms. The lowest BCUT2D eigenvalue weighted by Crippen LogP contribution is -2.01. The molecule has 0 fully saturated rings. The van der Waals surface area contributed by atoms with Crippen LogP contribution in [0.5, 0.6) is 0 Å². The zero-order valence-electron chi connectivity index (χ0n) is 35.6. The van der Waals surface area contributed by atoms with Crippen molar-refractivity contribution in [3.05, 3.63) is 224 Å². The molecular formula is C61H37N5. The Morgan fingerprint density at radius 1 is 0.273 bits per heavy atom. The second-order valence-corrected chi connectivity index (χ2v) is 17.2. The Labute approximate surface area is 379 Å². The van der Waals surface area contributed by atoms with Crippen molar-refractivity contribution >= 4 is 70.7 Å². The third-order valence-electron chi connectivity index (χ3n) is 13.5. The molecular weight excluding hydrogens is 803 g/mol. The summed E-state index contributed by atoms with van der Waals surface area (Å²) in [6.45, 7) is 0. The molecule has 0 aliphatic carbocycles. The molecule has 10 aromatic carbocycles. The Kier molecular flexibility index (Phi) is 7.91. The minimum Gasteiger partial charge on any atom is -0.309 e. The molecule has 306 valence electrons. The standard InChI is InChI=1S/C61H37N5/c1-3-15-38(16-4-1)59-62-60(39-17-5-2-6-18-39)64-61(63-59)43-20-13-21-45(34-43)65-54-27-11-10-24-48(54)52-36-42(30-32-56(52)65)51-37-44(33-41-19-7-8-22-46(41)51)40-29-31-57-53(35-40)50-26-14-25-49-47-23-9-12-28-55(47)66(57)58(49)50/h1-37H. The van der Waals surface area contributed by atoms with Crippen LogP contribution in [0.3, 0.4) is 0 Å². The van der Waals surface area contributed by atoms with Gasteiger partial charge in [-0.2, -0.15) is 0 Å². The van der Waals surface area contributed by atoms with Crippen molar-refractivity contribution < 1.29 is 0 Å². The molecule has 4 heterocycles. The van der Waals surface area contributed by atoms with E-state index in [0.717, 1.165) is 33.4 Å². The van der Waals surface area contributed by atoms with Crippen molar-refractivity contribution in [2.75, 3.05) is 0 Å². The fourth-order valence-electron chi connectivity index (χ4n) is 10.5. The molecule has 0 saturated heterocycles. The van der Waals surface area contributed by atoms with E-state index < -0.39 is 0 Å². The van der Waals surface area contributed by atoms with E-state index in [1.54, 1.807) is 0 Å². The van der Waals surface area contributed by atoms with Crippen LogP contribution in [-0.4, -0.2) is 23.9 Å². The Morgan fingerprint density at radius 3 is 1.53 bits per heavy atom. The van der Waals surface area contributed by atoms with Crippen molar-refractivity contribution in [3.8, 4) is 62.1 Å². The number of hydrogen-bond donors (Lipinski definition) is 0. The highest BCUT2D eigenvalue weighted by Crippen LogP contribution is 2.43. The van der Waals surface area contributed by atoms with Crippen LogP contribution in [0.2, 0.25) is 0 Å². The Balaban J connectivity index is 0.911. The van der Waals surface area contributed by atoms with Gasteiger partial charge < -0.3 is 8.97 Å². The summed E-state index contributed by atoms with van der Waals surface area (Å²) in [5.74, 6) is 1.91. The van der Waals surface area contributed by atoms with Crippen molar-refractivity contribution in [2.24, 2.45) is 0 Å². The first kappa shape index (κ1) is 36.5. The molecule has 14 aromatic rings. The summed E-state index contributed by atoms with van der Waals surface area (Å²) in [6, 6.07) is 80.5.